The van der Waals surface area contributed by atoms with Gasteiger partial charge in [0.25, 0.3) is 0 Å². The highest BCUT2D eigenvalue weighted by molar-refractivity contribution is 9.10. The van der Waals surface area contributed by atoms with Gasteiger partial charge in [0.05, 0.1) is 19.3 Å². The number of nitrogens with one attached hydrogen (secondary N) is 2. The van der Waals surface area contributed by atoms with E-state index in [1.165, 1.54) is 5.56 Å². The molecule has 8 bridgehead atoms. The highest BCUT2D eigenvalue weighted by atomic mass is 79.9. The Morgan fingerprint density at radius 2 is 1.74 bits per heavy atom. The van der Waals surface area contributed by atoms with Gasteiger partial charge >= 0.3 is 0 Å². The zero-order chi connectivity index (χ0) is 26.5. The number of amides is 1. The Morgan fingerprint density at radius 3 is 2.53 bits per heavy atom. The first-order chi connectivity index (χ1) is 18.4. The van der Waals surface area contributed by atoms with Gasteiger partial charge in [-0.15, -0.1) is 0 Å². The number of benzene rings is 2. The van der Waals surface area contributed by atoms with Crippen molar-refractivity contribution in [3.63, 3.8) is 0 Å². The molecule has 3 aliphatic rings. The molecule has 9 nitrogen and oxygen atoms in total. The third-order valence-corrected chi connectivity index (χ3v) is 7.40. The first-order valence-corrected chi connectivity index (χ1v) is 13.7. The number of anilines is 2. The molecular formula is C28H34BrN7O2. The number of carbonyl (C=O) groups is 1. The molecule has 0 aliphatic carbocycles. The number of hydrogen-bond donors (Lipinski definition) is 2. The molecule has 1 saturated heterocycles. The van der Waals surface area contributed by atoms with Crippen molar-refractivity contribution in [2.45, 2.75) is 13.1 Å². The predicted molar refractivity (Wildman–Crippen MR) is 153 cm³/mol. The number of halogens is 1. The summed E-state index contributed by atoms with van der Waals surface area (Å²) in [7, 11) is 3.74. The molecule has 1 aromatic heterocycles. The summed E-state index contributed by atoms with van der Waals surface area (Å²) in [5, 5.41) is 6.48. The van der Waals surface area contributed by atoms with Crippen LogP contribution in [0, 0.1) is 0 Å². The number of rotatable bonds is 1. The Morgan fingerprint density at radius 1 is 0.947 bits per heavy atom. The quantitative estimate of drug-likeness (QED) is 0.454. The van der Waals surface area contributed by atoms with Gasteiger partial charge in [0.1, 0.15) is 5.75 Å². The van der Waals surface area contributed by atoms with Crippen LogP contribution in [-0.4, -0.2) is 90.5 Å². The van der Waals surface area contributed by atoms with E-state index in [9.17, 15) is 4.79 Å². The fourth-order valence-electron chi connectivity index (χ4n) is 4.96. The number of aromatic nitrogens is 2. The monoisotopic (exact) mass is 579 g/mol. The smallest absolute Gasteiger partial charge is 0.234 e. The van der Waals surface area contributed by atoms with Crippen LogP contribution in [0.5, 0.6) is 5.75 Å². The summed E-state index contributed by atoms with van der Waals surface area (Å²) in [6, 6.07) is 14.4. The lowest BCUT2D eigenvalue weighted by Gasteiger charge is -2.34. The van der Waals surface area contributed by atoms with Gasteiger partial charge in [-0.25, -0.2) is 9.97 Å². The fraction of sp³-hybridized carbons (Fsp3) is 0.393. The average molecular weight is 581 g/mol. The summed E-state index contributed by atoms with van der Waals surface area (Å²) < 4.78 is 6.64. The van der Waals surface area contributed by atoms with E-state index in [1.54, 1.807) is 13.3 Å². The molecule has 10 heteroatoms. The molecule has 0 radical (unpaired) electrons. The molecule has 3 aromatic rings. The summed E-state index contributed by atoms with van der Waals surface area (Å²) in [5.74, 6) is 1.45. The number of nitrogens with zero attached hydrogens (tertiary/aromatic N) is 5. The van der Waals surface area contributed by atoms with E-state index in [1.807, 2.05) is 24.3 Å². The molecule has 1 fully saturated rings. The molecule has 0 atom stereocenters. The fourth-order valence-corrected chi connectivity index (χ4v) is 5.50. The van der Waals surface area contributed by atoms with Crippen molar-refractivity contribution in [2.24, 2.45) is 0 Å². The molecule has 4 heterocycles. The molecule has 0 spiro atoms. The van der Waals surface area contributed by atoms with Gasteiger partial charge in [0, 0.05) is 79.8 Å². The van der Waals surface area contributed by atoms with Crippen molar-refractivity contribution in [3.8, 4) is 17.0 Å². The number of ether oxygens (including phenoxy) is 1. The number of likely N-dealkylation sites (N-methyl/N-ethyl adjacent to an activating group) is 1. The summed E-state index contributed by atoms with van der Waals surface area (Å²) in [4.78, 5) is 28.7. The van der Waals surface area contributed by atoms with E-state index >= 15 is 0 Å². The topological polar surface area (TPSA) is 85.9 Å². The van der Waals surface area contributed by atoms with Crippen LogP contribution in [0.25, 0.3) is 11.3 Å². The van der Waals surface area contributed by atoms with Crippen LogP contribution >= 0.6 is 15.9 Å². The summed E-state index contributed by atoms with van der Waals surface area (Å²) in [6.45, 7) is 6.92. The van der Waals surface area contributed by atoms with Crippen LogP contribution in [0.1, 0.15) is 11.1 Å². The second-order valence-corrected chi connectivity index (χ2v) is 10.8. The molecule has 0 unspecified atom stereocenters. The maximum Gasteiger partial charge on any atom is 0.234 e. The average Bonchev–Trinajstić information content (AvgIpc) is 2.89. The van der Waals surface area contributed by atoms with Crippen molar-refractivity contribution in [3.05, 3.63) is 64.3 Å². The second-order valence-electron chi connectivity index (χ2n) is 9.91. The summed E-state index contributed by atoms with van der Waals surface area (Å²) >= 11 is 3.67. The first-order valence-electron chi connectivity index (χ1n) is 12.9. The first kappa shape index (κ1) is 26.6. The third kappa shape index (κ3) is 6.87. The lowest BCUT2D eigenvalue weighted by Crippen LogP contribution is -2.49. The van der Waals surface area contributed by atoms with Gasteiger partial charge in [-0.05, 0) is 55.1 Å². The SMILES string of the molecule is COc1ccc2cc1CN(C)CCNC(=O)CN1CCN(CC1)Cc1cc(Br)cc(c1)Nc1nccc-2n1. The van der Waals surface area contributed by atoms with Crippen LogP contribution in [0.2, 0.25) is 0 Å². The van der Waals surface area contributed by atoms with E-state index in [4.69, 9.17) is 9.72 Å². The lowest BCUT2D eigenvalue weighted by atomic mass is 10.1. The maximum absolute atomic E-state index is 12.6. The number of fused-ring (bicyclic) bond motifs is 8. The van der Waals surface area contributed by atoms with Crippen molar-refractivity contribution < 1.29 is 9.53 Å². The third-order valence-electron chi connectivity index (χ3n) is 6.94. The minimum atomic E-state index is 0.0795. The molecule has 1 amide bonds. The van der Waals surface area contributed by atoms with Crippen molar-refractivity contribution >= 4 is 33.5 Å². The summed E-state index contributed by atoms with van der Waals surface area (Å²) in [5.41, 5.74) is 5.01. The van der Waals surface area contributed by atoms with E-state index in [2.05, 4.69) is 71.5 Å². The van der Waals surface area contributed by atoms with E-state index < -0.39 is 0 Å². The molecule has 2 N–H and O–H groups in total. The zero-order valence-electron chi connectivity index (χ0n) is 21.9. The van der Waals surface area contributed by atoms with Gasteiger partial charge in [0.2, 0.25) is 11.9 Å². The minimum absolute atomic E-state index is 0.0795. The maximum atomic E-state index is 12.6. The predicted octanol–water partition coefficient (Wildman–Crippen LogP) is 3.34. The number of piperazine rings is 1. The van der Waals surface area contributed by atoms with Gasteiger partial charge in [0.15, 0.2) is 0 Å². The van der Waals surface area contributed by atoms with Crippen LogP contribution in [0.4, 0.5) is 11.6 Å². The normalized spacial score (nSPS) is 21.0. The Labute approximate surface area is 232 Å². The Balaban J connectivity index is 1.45. The Kier molecular flexibility index (Phi) is 8.53. The highest BCUT2D eigenvalue weighted by Gasteiger charge is 2.20. The Hall–Kier alpha value is -3.05. The molecule has 2 aromatic carbocycles. The van der Waals surface area contributed by atoms with E-state index in [0.717, 1.165) is 72.0 Å². The highest BCUT2D eigenvalue weighted by Crippen LogP contribution is 2.28. The summed E-state index contributed by atoms with van der Waals surface area (Å²) in [6.07, 6.45) is 1.78. The van der Waals surface area contributed by atoms with Gasteiger partial charge in [-0.2, -0.15) is 0 Å². The van der Waals surface area contributed by atoms with Gasteiger partial charge in [-0.3, -0.25) is 14.6 Å². The molecule has 3 aliphatic heterocycles. The molecular weight excluding hydrogens is 546 g/mol. The number of methoxy groups -OCH3 is 1. The molecule has 6 rings (SSSR count). The van der Waals surface area contributed by atoms with Crippen molar-refractivity contribution in [1.82, 2.24) is 30.0 Å². The number of hydrogen-bond acceptors (Lipinski definition) is 8. The standard InChI is InChI=1S/C28H34BrN7O2/c1-34-8-7-30-27(37)19-36-11-9-35(10-12-36)17-20-13-23(29)16-24(14-20)32-28-31-6-5-25(33-28)21-3-4-26(38-2)22(15-21)18-34/h3-6,13-16H,7-12,17-19H2,1-2H3,(H,30,37)(H,31,32,33). The van der Waals surface area contributed by atoms with Gasteiger partial charge in [-0.1, -0.05) is 15.9 Å². The molecule has 0 saturated carbocycles. The van der Waals surface area contributed by atoms with Crippen LogP contribution in [0.15, 0.2) is 53.1 Å². The van der Waals surface area contributed by atoms with Crippen LogP contribution < -0.4 is 15.4 Å². The van der Waals surface area contributed by atoms with Crippen LogP contribution in [-0.2, 0) is 17.9 Å². The lowest BCUT2D eigenvalue weighted by molar-refractivity contribution is -0.122. The van der Waals surface area contributed by atoms with E-state index in [0.29, 0.717) is 25.6 Å². The van der Waals surface area contributed by atoms with E-state index in [-0.39, 0.29) is 5.91 Å². The number of carbonyl (C=O) groups excluding carboxylic acids is 1. The second kappa shape index (κ2) is 12.2. The van der Waals surface area contributed by atoms with Crippen molar-refractivity contribution in [1.29, 1.82) is 0 Å². The van der Waals surface area contributed by atoms with Gasteiger partial charge < -0.3 is 20.3 Å². The van der Waals surface area contributed by atoms with Crippen molar-refractivity contribution in [2.75, 3.05) is 65.3 Å². The zero-order valence-corrected chi connectivity index (χ0v) is 23.5. The largest absolute Gasteiger partial charge is 0.496 e. The molecule has 200 valence electrons. The molecule has 38 heavy (non-hydrogen) atoms. The van der Waals surface area contributed by atoms with Crippen LogP contribution in [0.3, 0.4) is 0 Å². The Bertz CT molecular complexity index is 1280. The minimum Gasteiger partial charge on any atom is -0.496 e.